The molecule has 4 aromatic rings. The maximum atomic E-state index is 14.1. The molecular weight excluding hydrogens is 463 g/mol. The largest absolute Gasteiger partial charge is 0.489 e. The lowest BCUT2D eigenvalue weighted by Crippen LogP contribution is -2.43. The van der Waals surface area contributed by atoms with Crippen molar-refractivity contribution in [3.05, 3.63) is 124 Å². The molecule has 0 aliphatic carbocycles. The Bertz CT molecular complexity index is 1340. The number of carbonyl (C=O) groups excluding carboxylic acids is 1. The second-order valence-electron chi connectivity index (χ2n) is 8.35. The number of halogens is 2. The van der Waals surface area contributed by atoms with Crippen LogP contribution in [0.5, 0.6) is 5.75 Å². The molecule has 5 rings (SSSR count). The first-order chi connectivity index (χ1) is 17.0. The van der Waals surface area contributed by atoms with Gasteiger partial charge in [0.05, 0.1) is 10.6 Å². The van der Waals surface area contributed by atoms with E-state index >= 15 is 0 Å². The number of rotatable bonds is 6. The average molecular weight is 487 g/mol. The molecule has 1 aliphatic rings. The number of hydrogen-bond acceptors (Lipinski definition) is 3. The van der Waals surface area contributed by atoms with E-state index in [2.05, 4.69) is 12.2 Å². The van der Waals surface area contributed by atoms with Gasteiger partial charge < -0.3 is 10.1 Å². The quantitative estimate of drug-likeness (QED) is 0.309. The van der Waals surface area contributed by atoms with Gasteiger partial charge >= 0.3 is 0 Å². The highest BCUT2D eigenvalue weighted by atomic mass is 35.5. The summed E-state index contributed by atoms with van der Waals surface area (Å²) >= 11 is 6.11. The Morgan fingerprint density at radius 3 is 2.40 bits per heavy atom. The van der Waals surface area contributed by atoms with Crippen LogP contribution in [0.3, 0.4) is 0 Å². The normalized spacial score (nSPS) is 14.9. The molecule has 0 fully saturated rings. The van der Waals surface area contributed by atoms with Crippen molar-refractivity contribution in [3.8, 4) is 5.75 Å². The van der Waals surface area contributed by atoms with Gasteiger partial charge in [0.2, 0.25) is 0 Å². The van der Waals surface area contributed by atoms with Crippen molar-refractivity contribution in [2.45, 2.75) is 26.1 Å². The van der Waals surface area contributed by atoms with Crippen molar-refractivity contribution < 1.29 is 13.9 Å². The van der Waals surface area contributed by atoms with Gasteiger partial charge in [0, 0.05) is 16.9 Å². The zero-order valence-corrected chi connectivity index (χ0v) is 19.9. The molecule has 1 aliphatic heterocycles. The van der Waals surface area contributed by atoms with Crippen LogP contribution in [0.2, 0.25) is 5.02 Å². The molecule has 6 heteroatoms. The predicted octanol–water partition coefficient (Wildman–Crippen LogP) is 7.39. The summed E-state index contributed by atoms with van der Waals surface area (Å²) in [4.78, 5) is 15.3. The monoisotopic (exact) mass is 486 g/mol. The number of anilines is 2. The summed E-state index contributed by atoms with van der Waals surface area (Å²) in [5.74, 6) is 0.111. The summed E-state index contributed by atoms with van der Waals surface area (Å²) in [5, 5.41) is 3.84. The van der Waals surface area contributed by atoms with E-state index in [1.54, 1.807) is 17.0 Å². The number of aryl methyl sites for hydroxylation is 1. The first-order valence-electron chi connectivity index (χ1n) is 11.5. The van der Waals surface area contributed by atoms with Crippen molar-refractivity contribution in [3.63, 3.8) is 0 Å². The number of nitrogens with one attached hydrogen (secondary N) is 1. The number of fused-ring (bicyclic) bond motifs is 1. The summed E-state index contributed by atoms with van der Waals surface area (Å²) < 4.78 is 19.8. The van der Waals surface area contributed by atoms with Crippen molar-refractivity contribution in [2.75, 3.05) is 10.2 Å². The van der Waals surface area contributed by atoms with E-state index in [1.165, 1.54) is 11.6 Å². The molecular formula is C29H24ClFN2O2. The molecule has 0 saturated carbocycles. The topological polar surface area (TPSA) is 41.6 Å². The number of ether oxygens (including phenoxy) is 1. The molecule has 1 atom stereocenters. The van der Waals surface area contributed by atoms with Gasteiger partial charge in [-0.3, -0.25) is 9.69 Å². The Hall–Kier alpha value is -3.83. The minimum absolute atomic E-state index is 0.0221. The summed E-state index contributed by atoms with van der Waals surface area (Å²) in [7, 11) is 0. The molecule has 1 N–H and O–H groups in total. The Balaban J connectivity index is 1.43. The predicted molar refractivity (Wildman–Crippen MR) is 138 cm³/mol. The van der Waals surface area contributed by atoms with Gasteiger partial charge in [-0.25, -0.2) is 4.39 Å². The summed E-state index contributed by atoms with van der Waals surface area (Å²) in [6.07, 6.45) is 0.526. The fourth-order valence-electron chi connectivity index (χ4n) is 4.22. The molecule has 0 spiro atoms. The standard InChI is InChI=1S/C29H24ClFN2O2/c1-2-19-10-14-21(15-11-19)33-28(32-27-9-4-3-6-23(27)29(33)34)20-12-16-22(17-13-20)35-18-24-25(30)7-5-8-26(24)31/h3-17,28,32H,2,18H2,1H3. The Morgan fingerprint density at radius 2 is 1.69 bits per heavy atom. The smallest absolute Gasteiger partial charge is 0.262 e. The molecule has 0 bridgehead atoms. The molecule has 0 aromatic heterocycles. The minimum atomic E-state index is -0.403. The highest BCUT2D eigenvalue weighted by Crippen LogP contribution is 2.37. The van der Waals surface area contributed by atoms with Gasteiger partial charge in [-0.15, -0.1) is 0 Å². The zero-order valence-electron chi connectivity index (χ0n) is 19.2. The van der Waals surface area contributed by atoms with Crippen LogP contribution in [0.15, 0.2) is 91.0 Å². The van der Waals surface area contributed by atoms with Crippen LogP contribution in [0.25, 0.3) is 0 Å². The van der Waals surface area contributed by atoms with E-state index in [4.69, 9.17) is 16.3 Å². The second-order valence-corrected chi connectivity index (χ2v) is 8.75. The molecule has 35 heavy (non-hydrogen) atoms. The fourth-order valence-corrected chi connectivity index (χ4v) is 4.43. The minimum Gasteiger partial charge on any atom is -0.489 e. The highest BCUT2D eigenvalue weighted by molar-refractivity contribution is 6.31. The number of amides is 1. The van der Waals surface area contributed by atoms with E-state index < -0.39 is 12.0 Å². The van der Waals surface area contributed by atoms with Crippen molar-refractivity contribution >= 4 is 28.9 Å². The van der Waals surface area contributed by atoms with Crippen molar-refractivity contribution in [2.24, 2.45) is 0 Å². The zero-order chi connectivity index (χ0) is 24.4. The number of para-hydroxylation sites is 1. The van der Waals surface area contributed by atoms with Crippen LogP contribution in [-0.2, 0) is 13.0 Å². The van der Waals surface area contributed by atoms with Crippen molar-refractivity contribution in [1.29, 1.82) is 0 Å². The highest BCUT2D eigenvalue weighted by Gasteiger charge is 2.34. The van der Waals surface area contributed by atoms with Gasteiger partial charge in [-0.05, 0) is 66.1 Å². The third-order valence-electron chi connectivity index (χ3n) is 6.19. The van der Waals surface area contributed by atoms with Crippen LogP contribution in [0.4, 0.5) is 15.8 Å². The summed E-state index contributed by atoms with van der Waals surface area (Å²) in [5.41, 5.74) is 4.65. The number of hydrogen-bond donors (Lipinski definition) is 1. The number of nitrogens with zero attached hydrogens (tertiary/aromatic N) is 1. The Kier molecular flexibility index (Phi) is 6.43. The first-order valence-corrected chi connectivity index (χ1v) is 11.9. The van der Waals surface area contributed by atoms with E-state index in [-0.39, 0.29) is 12.5 Å². The first kappa shape index (κ1) is 22.9. The lowest BCUT2D eigenvalue weighted by molar-refractivity contribution is 0.0975. The van der Waals surface area contributed by atoms with E-state index in [9.17, 15) is 9.18 Å². The van der Waals surface area contributed by atoms with Crippen LogP contribution < -0.4 is 15.0 Å². The molecule has 4 aromatic carbocycles. The van der Waals surface area contributed by atoms with Gasteiger partial charge in [0.25, 0.3) is 5.91 Å². The van der Waals surface area contributed by atoms with E-state index in [0.717, 1.165) is 23.4 Å². The van der Waals surface area contributed by atoms with Crippen LogP contribution in [-0.4, -0.2) is 5.91 Å². The number of carbonyl (C=O) groups is 1. The van der Waals surface area contributed by atoms with Gasteiger partial charge in [0.1, 0.15) is 24.3 Å². The maximum Gasteiger partial charge on any atom is 0.262 e. The Labute approximate surface area is 208 Å². The third kappa shape index (κ3) is 4.60. The molecule has 1 unspecified atom stereocenters. The lowest BCUT2D eigenvalue weighted by Gasteiger charge is -2.38. The summed E-state index contributed by atoms with van der Waals surface area (Å²) in [6, 6.07) is 27.6. The molecule has 0 saturated heterocycles. The van der Waals surface area contributed by atoms with Crippen LogP contribution in [0, 0.1) is 5.82 Å². The van der Waals surface area contributed by atoms with Gasteiger partial charge in [-0.1, -0.05) is 61.0 Å². The maximum absolute atomic E-state index is 14.1. The fraction of sp³-hybridized carbons (Fsp3) is 0.138. The van der Waals surface area contributed by atoms with Crippen LogP contribution in [0.1, 0.15) is 40.1 Å². The molecule has 0 radical (unpaired) electrons. The molecule has 4 nitrogen and oxygen atoms in total. The van der Waals surface area contributed by atoms with Crippen molar-refractivity contribution in [1.82, 2.24) is 0 Å². The molecule has 1 amide bonds. The lowest BCUT2D eigenvalue weighted by atomic mass is 10.0. The van der Waals surface area contributed by atoms with Crippen LogP contribution >= 0.6 is 11.6 Å². The second kappa shape index (κ2) is 9.80. The molecule has 1 heterocycles. The SMILES string of the molecule is CCc1ccc(N2C(=O)c3ccccc3NC2c2ccc(OCc3c(F)cccc3Cl)cc2)cc1. The van der Waals surface area contributed by atoms with E-state index in [0.29, 0.717) is 21.9 Å². The van der Waals surface area contributed by atoms with Gasteiger partial charge in [0.15, 0.2) is 0 Å². The summed E-state index contributed by atoms with van der Waals surface area (Å²) in [6.45, 7) is 2.12. The Morgan fingerprint density at radius 1 is 0.943 bits per heavy atom. The number of benzene rings is 4. The van der Waals surface area contributed by atoms with E-state index in [1.807, 2.05) is 72.8 Å². The molecule has 176 valence electrons. The average Bonchev–Trinajstić information content (AvgIpc) is 2.89. The van der Waals surface area contributed by atoms with Gasteiger partial charge in [-0.2, -0.15) is 0 Å². The third-order valence-corrected chi connectivity index (χ3v) is 6.54.